The minimum atomic E-state index is 0.515. The number of hydrogen-bond acceptors (Lipinski definition) is 3. The summed E-state index contributed by atoms with van der Waals surface area (Å²) in [6.07, 6.45) is 4.56. The lowest BCUT2D eigenvalue weighted by atomic mass is 10.1. The maximum Gasteiger partial charge on any atom is 0.191 e. The summed E-state index contributed by atoms with van der Waals surface area (Å²) in [4.78, 5) is 13.3. The van der Waals surface area contributed by atoms with Crippen LogP contribution >= 0.6 is 11.6 Å². The molecule has 0 atom stereocenters. The summed E-state index contributed by atoms with van der Waals surface area (Å²) >= 11 is 5.85. The number of aromatic nitrogens is 3. The molecule has 4 aromatic rings. The first-order valence-corrected chi connectivity index (χ1v) is 11.2. The molecule has 0 fully saturated rings. The van der Waals surface area contributed by atoms with Gasteiger partial charge >= 0.3 is 0 Å². The molecule has 0 unspecified atom stereocenters. The molecule has 2 heterocycles. The van der Waals surface area contributed by atoms with Crippen LogP contribution in [0.1, 0.15) is 23.6 Å². The molecule has 0 aliphatic carbocycles. The van der Waals surface area contributed by atoms with Gasteiger partial charge in [-0.25, -0.2) is 15.0 Å². The molecule has 4 rings (SSSR count). The number of fused-ring (bicyclic) bond motifs is 1. The van der Waals surface area contributed by atoms with Crippen LogP contribution in [0.5, 0.6) is 0 Å². The topological polar surface area (TPSA) is 67.1 Å². The number of halogens is 1. The van der Waals surface area contributed by atoms with E-state index in [0.29, 0.717) is 11.7 Å². The van der Waals surface area contributed by atoms with E-state index in [-0.39, 0.29) is 0 Å². The molecular formula is C25H27ClN6. The maximum atomic E-state index is 5.85. The van der Waals surface area contributed by atoms with Crippen LogP contribution in [0.3, 0.4) is 0 Å². The first-order chi connectivity index (χ1) is 15.7. The van der Waals surface area contributed by atoms with Crippen LogP contribution in [0.25, 0.3) is 11.0 Å². The van der Waals surface area contributed by atoms with E-state index >= 15 is 0 Å². The lowest BCUT2D eigenvalue weighted by Crippen LogP contribution is -2.38. The third-order valence-electron chi connectivity index (χ3n) is 5.16. The summed E-state index contributed by atoms with van der Waals surface area (Å²) in [5.74, 6) is 0.809. The van der Waals surface area contributed by atoms with E-state index in [1.807, 2.05) is 42.9 Å². The Hall–Kier alpha value is -3.38. The fourth-order valence-electron chi connectivity index (χ4n) is 3.47. The van der Waals surface area contributed by atoms with Crippen molar-refractivity contribution >= 4 is 28.6 Å². The van der Waals surface area contributed by atoms with Crippen LogP contribution in [0, 0.1) is 0 Å². The zero-order valence-electron chi connectivity index (χ0n) is 18.1. The fourth-order valence-corrected chi connectivity index (χ4v) is 3.59. The number of nitrogens with zero attached hydrogens (tertiary/aromatic N) is 4. The first-order valence-electron chi connectivity index (χ1n) is 10.8. The number of pyridine rings is 1. The van der Waals surface area contributed by atoms with E-state index in [4.69, 9.17) is 16.6 Å². The number of nitrogens with one attached hydrogen (secondary N) is 2. The number of hydrogen-bond donors (Lipinski definition) is 2. The van der Waals surface area contributed by atoms with Gasteiger partial charge in [0.15, 0.2) is 5.96 Å². The van der Waals surface area contributed by atoms with E-state index in [0.717, 1.165) is 48.6 Å². The van der Waals surface area contributed by atoms with Crippen molar-refractivity contribution in [2.45, 2.75) is 26.4 Å². The molecule has 6 nitrogen and oxygen atoms in total. The highest BCUT2D eigenvalue weighted by Crippen LogP contribution is 2.15. The monoisotopic (exact) mass is 446 g/mol. The molecule has 7 heteroatoms. The number of rotatable bonds is 8. The Labute approximate surface area is 193 Å². The average Bonchev–Trinajstić information content (AvgIpc) is 3.22. The van der Waals surface area contributed by atoms with Gasteiger partial charge in [-0.05, 0) is 48.2 Å². The Morgan fingerprint density at radius 2 is 1.72 bits per heavy atom. The number of benzene rings is 2. The molecular weight excluding hydrogens is 420 g/mol. The molecule has 0 saturated heterocycles. The molecule has 0 amide bonds. The van der Waals surface area contributed by atoms with Crippen LogP contribution in [0.15, 0.2) is 78.2 Å². The number of imidazole rings is 1. The van der Waals surface area contributed by atoms with Crippen LogP contribution in [0.4, 0.5) is 0 Å². The van der Waals surface area contributed by atoms with Crippen LogP contribution in [0.2, 0.25) is 5.15 Å². The van der Waals surface area contributed by atoms with Gasteiger partial charge in [0.1, 0.15) is 5.15 Å². The number of guanidine groups is 1. The van der Waals surface area contributed by atoms with Gasteiger partial charge in [-0.3, -0.25) is 0 Å². The smallest absolute Gasteiger partial charge is 0.191 e. The number of para-hydroxylation sites is 2. The molecule has 164 valence electrons. The highest BCUT2D eigenvalue weighted by Gasteiger charge is 2.03. The van der Waals surface area contributed by atoms with E-state index in [1.165, 1.54) is 11.1 Å². The Balaban J connectivity index is 1.32. The highest BCUT2D eigenvalue weighted by atomic mass is 35.5. The molecule has 0 saturated carbocycles. The highest BCUT2D eigenvalue weighted by molar-refractivity contribution is 6.29. The summed E-state index contributed by atoms with van der Waals surface area (Å²) in [5.41, 5.74) is 5.72. The molecule has 0 spiro atoms. The van der Waals surface area contributed by atoms with Crippen LogP contribution in [-0.4, -0.2) is 33.6 Å². The Kier molecular flexibility index (Phi) is 7.35. The normalized spacial score (nSPS) is 11.6. The van der Waals surface area contributed by atoms with E-state index in [1.54, 1.807) is 0 Å². The van der Waals surface area contributed by atoms with Crippen molar-refractivity contribution in [1.29, 1.82) is 0 Å². The Morgan fingerprint density at radius 1 is 0.938 bits per heavy atom. The standard InChI is InChI=1S/C25H27ClN6/c1-2-27-25(28-14-13-20-11-12-24(26)29-15-20)30-16-19-7-9-21(10-8-19)17-32-18-31-22-5-3-4-6-23(22)32/h3-12,15,18H,2,13-14,16-17H2,1H3,(H2,27,28,30). The maximum absolute atomic E-state index is 5.85. The summed E-state index contributed by atoms with van der Waals surface area (Å²) in [5, 5.41) is 7.19. The van der Waals surface area contributed by atoms with Gasteiger partial charge in [-0.15, -0.1) is 0 Å². The predicted molar refractivity (Wildman–Crippen MR) is 131 cm³/mol. The predicted octanol–water partition coefficient (Wildman–Crippen LogP) is 4.43. The molecule has 0 radical (unpaired) electrons. The number of aliphatic imine (C=N–C) groups is 1. The summed E-state index contributed by atoms with van der Waals surface area (Å²) in [7, 11) is 0. The van der Waals surface area contributed by atoms with Crippen molar-refractivity contribution in [2.75, 3.05) is 13.1 Å². The van der Waals surface area contributed by atoms with Crippen molar-refractivity contribution in [3.63, 3.8) is 0 Å². The third-order valence-corrected chi connectivity index (χ3v) is 5.39. The Bertz CT molecular complexity index is 1170. The van der Waals surface area contributed by atoms with Crippen molar-refractivity contribution in [2.24, 2.45) is 4.99 Å². The lowest BCUT2D eigenvalue weighted by Gasteiger charge is -2.11. The van der Waals surface area contributed by atoms with Crippen LogP contribution in [-0.2, 0) is 19.5 Å². The SMILES string of the molecule is CCNC(=NCc1ccc(Cn2cnc3ccccc32)cc1)NCCc1ccc(Cl)nc1. The summed E-state index contributed by atoms with van der Waals surface area (Å²) in [6, 6.07) is 20.6. The van der Waals surface area contributed by atoms with Crippen LogP contribution < -0.4 is 10.6 Å². The zero-order chi connectivity index (χ0) is 22.2. The van der Waals surface area contributed by atoms with E-state index < -0.39 is 0 Å². The molecule has 2 N–H and O–H groups in total. The van der Waals surface area contributed by atoms with Gasteiger partial charge in [0.2, 0.25) is 0 Å². The van der Waals surface area contributed by atoms with Crippen molar-refractivity contribution in [3.05, 3.63) is 95.0 Å². The molecule has 0 aliphatic heterocycles. The lowest BCUT2D eigenvalue weighted by molar-refractivity contribution is 0.797. The summed E-state index contributed by atoms with van der Waals surface area (Å²) < 4.78 is 2.17. The average molecular weight is 447 g/mol. The molecule has 0 bridgehead atoms. The second-order valence-corrected chi connectivity index (χ2v) is 7.93. The quantitative estimate of drug-likeness (QED) is 0.239. The van der Waals surface area contributed by atoms with Crippen molar-refractivity contribution < 1.29 is 0 Å². The molecule has 2 aromatic heterocycles. The zero-order valence-corrected chi connectivity index (χ0v) is 18.9. The molecule has 2 aromatic carbocycles. The molecule has 32 heavy (non-hydrogen) atoms. The molecule has 0 aliphatic rings. The second-order valence-electron chi connectivity index (χ2n) is 7.54. The van der Waals surface area contributed by atoms with Gasteiger partial charge in [-0.1, -0.05) is 54.1 Å². The van der Waals surface area contributed by atoms with Gasteiger partial charge in [0, 0.05) is 25.8 Å². The largest absolute Gasteiger partial charge is 0.357 e. The fraction of sp³-hybridized carbons (Fsp3) is 0.240. The van der Waals surface area contributed by atoms with Gasteiger partial charge < -0.3 is 15.2 Å². The third kappa shape index (κ3) is 5.86. The summed E-state index contributed by atoms with van der Waals surface area (Å²) in [6.45, 7) is 5.06. The minimum absolute atomic E-state index is 0.515. The van der Waals surface area contributed by atoms with Gasteiger partial charge in [0.05, 0.1) is 23.9 Å². The second kappa shape index (κ2) is 10.8. The van der Waals surface area contributed by atoms with Gasteiger partial charge in [-0.2, -0.15) is 0 Å². The van der Waals surface area contributed by atoms with Gasteiger partial charge in [0.25, 0.3) is 0 Å². The van der Waals surface area contributed by atoms with Crippen molar-refractivity contribution in [3.8, 4) is 0 Å². The minimum Gasteiger partial charge on any atom is -0.357 e. The Morgan fingerprint density at radius 3 is 2.50 bits per heavy atom. The first kappa shape index (κ1) is 21.8. The van der Waals surface area contributed by atoms with Crippen molar-refractivity contribution in [1.82, 2.24) is 25.2 Å². The van der Waals surface area contributed by atoms with E-state index in [2.05, 4.69) is 62.4 Å². The van der Waals surface area contributed by atoms with E-state index in [9.17, 15) is 0 Å².